The van der Waals surface area contributed by atoms with E-state index in [0.29, 0.717) is 12.3 Å². The summed E-state index contributed by atoms with van der Waals surface area (Å²) in [5, 5.41) is 2.94. The Balaban J connectivity index is 1.81. The van der Waals surface area contributed by atoms with E-state index in [2.05, 4.69) is 37.4 Å². The number of methoxy groups -OCH3 is 1. The number of carbonyl (C=O) groups excluding carboxylic acids is 1. The standard InChI is InChI=1S/C18H21NO2S/c1-13-4-5-14(2)17(10-13)22-12-18(20)19-11-15-6-8-16(21-3)9-7-15/h4-10H,11-12H2,1-3H3,(H,19,20). The van der Waals surface area contributed by atoms with Gasteiger partial charge in [0.25, 0.3) is 0 Å². The number of thioether (sulfide) groups is 1. The number of aryl methyl sites for hydroxylation is 2. The Morgan fingerprint density at radius 3 is 2.55 bits per heavy atom. The van der Waals surface area contributed by atoms with E-state index in [1.165, 1.54) is 16.0 Å². The van der Waals surface area contributed by atoms with Gasteiger partial charge < -0.3 is 10.1 Å². The number of nitrogens with one attached hydrogen (secondary N) is 1. The molecule has 0 radical (unpaired) electrons. The molecule has 22 heavy (non-hydrogen) atoms. The van der Waals surface area contributed by atoms with Crippen molar-refractivity contribution in [1.29, 1.82) is 0 Å². The quantitative estimate of drug-likeness (QED) is 0.826. The molecule has 1 amide bonds. The Morgan fingerprint density at radius 2 is 1.86 bits per heavy atom. The molecule has 116 valence electrons. The third-order valence-corrected chi connectivity index (χ3v) is 4.51. The summed E-state index contributed by atoms with van der Waals surface area (Å²) in [4.78, 5) is 13.1. The van der Waals surface area contributed by atoms with E-state index in [1.807, 2.05) is 24.3 Å². The van der Waals surface area contributed by atoms with Crippen molar-refractivity contribution in [3.05, 3.63) is 59.2 Å². The van der Waals surface area contributed by atoms with Crippen molar-refractivity contribution in [3.63, 3.8) is 0 Å². The second-order valence-corrected chi connectivity index (χ2v) is 6.20. The Hall–Kier alpha value is -1.94. The van der Waals surface area contributed by atoms with E-state index >= 15 is 0 Å². The minimum absolute atomic E-state index is 0.0433. The molecule has 0 aromatic heterocycles. The second kappa shape index (κ2) is 7.90. The van der Waals surface area contributed by atoms with Gasteiger partial charge >= 0.3 is 0 Å². The van der Waals surface area contributed by atoms with Crippen molar-refractivity contribution in [2.75, 3.05) is 12.9 Å². The highest BCUT2D eigenvalue weighted by atomic mass is 32.2. The Kier molecular flexibility index (Phi) is 5.90. The van der Waals surface area contributed by atoms with E-state index < -0.39 is 0 Å². The predicted molar refractivity (Wildman–Crippen MR) is 91.5 cm³/mol. The first-order chi connectivity index (χ1) is 10.6. The van der Waals surface area contributed by atoms with Gasteiger partial charge in [-0.25, -0.2) is 0 Å². The number of amides is 1. The van der Waals surface area contributed by atoms with Gasteiger partial charge in [-0.3, -0.25) is 4.79 Å². The molecule has 1 N–H and O–H groups in total. The van der Waals surface area contributed by atoms with Crippen LogP contribution in [0.15, 0.2) is 47.4 Å². The number of benzene rings is 2. The lowest BCUT2D eigenvalue weighted by Gasteiger charge is -2.08. The molecule has 4 heteroatoms. The zero-order chi connectivity index (χ0) is 15.9. The van der Waals surface area contributed by atoms with Crippen molar-refractivity contribution in [1.82, 2.24) is 5.32 Å². The zero-order valence-electron chi connectivity index (χ0n) is 13.2. The van der Waals surface area contributed by atoms with Crippen LogP contribution in [0.25, 0.3) is 0 Å². The summed E-state index contributed by atoms with van der Waals surface area (Å²) in [5.74, 6) is 1.29. The van der Waals surface area contributed by atoms with Gasteiger partial charge in [-0.1, -0.05) is 29.8 Å². The molecule has 0 atom stereocenters. The number of rotatable bonds is 6. The minimum atomic E-state index is 0.0433. The highest BCUT2D eigenvalue weighted by molar-refractivity contribution is 8.00. The lowest BCUT2D eigenvalue weighted by atomic mass is 10.2. The molecular weight excluding hydrogens is 294 g/mol. The number of carbonyl (C=O) groups is 1. The number of hydrogen-bond acceptors (Lipinski definition) is 3. The molecule has 0 heterocycles. The highest BCUT2D eigenvalue weighted by Gasteiger charge is 2.05. The first kappa shape index (κ1) is 16.4. The van der Waals surface area contributed by atoms with Crippen LogP contribution in [0, 0.1) is 13.8 Å². The maximum absolute atomic E-state index is 12.0. The SMILES string of the molecule is COc1ccc(CNC(=O)CSc2cc(C)ccc2C)cc1. The summed E-state index contributed by atoms with van der Waals surface area (Å²) in [6.45, 7) is 4.67. The van der Waals surface area contributed by atoms with E-state index in [-0.39, 0.29) is 5.91 Å². The topological polar surface area (TPSA) is 38.3 Å². The summed E-state index contributed by atoms with van der Waals surface area (Å²) in [6.07, 6.45) is 0. The highest BCUT2D eigenvalue weighted by Crippen LogP contribution is 2.23. The third kappa shape index (κ3) is 4.81. The predicted octanol–water partition coefficient (Wildman–Crippen LogP) is 3.72. The van der Waals surface area contributed by atoms with Gasteiger partial charge in [0.05, 0.1) is 12.9 Å². The third-order valence-electron chi connectivity index (χ3n) is 3.35. The van der Waals surface area contributed by atoms with Crippen LogP contribution in [-0.4, -0.2) is 18.8 Å². The van der Waals surface area contributed by atoms with Gasteiger partial charge in [-0.2, -0.15) is 0 Å². The monoisotopic (exact) mass is 315 g/mol. The molecule has 0 aliphatic carbocycles. The normalized spacial score (nSPS) is 10.3. The van der Waals surface area contributed by atoms with Gasteiger partial charge in [-0.15, -0.1) is 11.8 Å². The van der Waals surface area contributed by atoms with E-state index in [9.17, 15) is 4.79 Å². The van der Waals surface area contributed by atoms with E-state index in [4.69, 9.17) is 4.74 Å². The first-order valence-electron chi connectivity index (χ1n) is 7.18. The average Bonchev–Trinajstić information content (AvgIpc) is 2.54. The van der Waals surface area contributed by atoms with Crippen LogP contribution in [0.3, 0.4) is 0 Å². The van der Waals surface area contributed by atoms with Gasteiger partial charge in [0.2, 0.25) is 5.91 Å². The van der Waals surface area contributed by atoms with Gasteiger partial charge in [0.1, 0.15) is 5.75 Å². The largest absolute Gasteiger partial charge is 0.497 e. The molecule has 2 aromatic rings. The first-order valence-corrected chi connectivity index (χ1v) is 8.16. The molecule has 2 rings (SSSR count). The number of hydrogen-bond donors (Lipinski definition) is 1. The van der Waals surface area contributed by atoms with Crippen LogP contribution in [0.2, 0.25) is 0 Å². The molecule has 0 spiro atoms. The van der Waals surface area contributed by atoms with Gasteiger partial charge in [-0.05, 0) is 43.2 Å². The van der Waals surface area contributed by atoms with Gasteiger partial charge in [0.15, 0.2) is 0 Å². The van der Waals surface area contributed by atoms with Crippen LogP contribution in [0.4, 0.5) is 0 Å². The molecule has 0 bridgehead atoms. The zero-order valence-corrected chi connectivity index (χ0v) is 14.0. The maximum Gasteiger partial charge on any atom is 0.230 e. The summed E-state index contributed by atoms with van der Waals surface area (Å²) in [6, 6.07) is 14.0. The smallest absolute Gasteiger partial charge is 0.230 e. The van der Waals surface area contributed by atoms with Gasteiger partial charge in [0, 0.05) is 11.4 Å². The molecule has 0 aliphatic heterocycles. The average molecular weight is 315 g/mol. The molecule has 3 nitrogen and oxygen atoms in total. The second-order valence-electron chi connectivity index (χ2n) is 5.18. The Morgan fingerprint density at radius 1 is 1.14 bits per heavy atom. The Labute approximate surface area is 136 Å². The molecule has 0 unspecified atom stereocenters. The van der Waals surface area contributed by atoms with Crippen LogP contribution in [0.1, 0.15) is 16.7 Å². The molecule has 0 saturated heterocycles. The summed E-state index contributed by atoms with van der Waals surface area (Å²) < 4.78 is 5.11. The molecular formula is C18H21NO2S. The number of ether oxygens (including phenoxy) is 1. The summed E-state index contributed by atoms with van der Waals surface area (Å²) >= 11 is 1.58. The fraction of sp³-hybridized carbons (Fsp3) is 0.278. The van der Waals surface area contributed by atoms with Crippen LogP contribution in [-0.2, 0) is 11.3 Å². The fourth-order valence-corrected chi connectivity index (χ4v) is 2.95. The van der Waals surface area contributed by atoms with Crippen molar-refractivity contribution >= 4 is 17.7 Å². The van der Waals surface area contributed by atoms with Crippen LogP contribution >= 0.6 is 11.8 Å². The molecule has 0 aliphatic rings. The Bertz CT molecular complexity index is 638. The minimum Gasteiger partial charge on any atom is -0.497 e. The van der Waals surface area contributed by atoms with Crippen LogP contribution in [0.5, 0.6) is 5.75 Å². The van der Waals surface area contributed by atoms with Crippen molar-refractivity contribution in [2.24, 2.45) is 0 Å². The van der Waals surface area contributed by atoms with Crippen molar-refractivity contribution in [2.45, 2.75) is 25.3 Å². The fourth-order valence-electron chi connectivity index (χ4n) is 2.00. The summed E-state index contributed by atoms with van der Waals surface area (Å²) in [5.41, 5.74) is 3.48. The van der Waals surface area contributed by atoms with Crippen molar-refractivity contribution in [3.8, 4) is 5.75 Å². The van der Waals surface area contributed by atoms with E-state index in [0.717, 1.165) is 11.3 Å². The lowest BCUT2D eigenvalue weighted by molar-refractivity contribution is -0.118. The molecule has 2 aromatic carbocycles. The van der Waals surface area contributed by atoms with Crippen molar-refractivity contribution < 1.29 is 9.53 Å². The summed E-state index contributed by atoms with van der Waals surface area (Å²) in [7, 11) is 1.64. The van der Waals surface area contributed by atoms with E-state index in [1.54, 1.807) is 18.9 Å². The molecule has 0 fully saturated rings. The maximum atomic E-state index is 12.0. The molecule has 0 saturated carbocycles. The lowest BCUT2D eigenvalue weighted by Crippen LogP contribution is -2.24. The van der Waals surface area contributed by atoms with Crippen LogP contribution < -0.4 is 10.1 Å².